The van der Waals surface area contributed by atoms with Crippen molar-refractivity contribution in [3.63, 3.8) is 0 Å². The summed E-state index contributed by atoms with van der Waals surface area (Å²) in [5.41, 5.74) is 2.42. The fourth-order valence-electron chi connectivity index (χ4n) is 4.19. The van der Waals surface area contributed by atoms with E-state index in [9.17, 15) is 13.2 Å². The molecule has 4 rings (SSSR count). The standard InChI is InChI=1S/C22H23F3N2/c23-22(24,25)20-7-3-1-5-17(20)11-14-27-12-9-16(10-13-27)19-15-26-21-8-4-2-6-18(19)21/h1-8,15-16,26H,9-14H2. The van der Waals surface area contributed by atoms with E-state index in [0.29, 0.717) is 24.4 Å². The Labute approximate surface area is 157 Å². The molecule has 1 aromatic heterocycles. The lowest BCUT2D eigenvalue weighted by Crippen LogP contribution is -2.34. The number of nitrogens with one attached hydrogen (secondary N) is 1. The number of hydrogen-bond acceptors (Lipinski definition) is 1. The maximum atomic E-state index is 13.1. The van der Waals surface area contributed by atoms with Crippen molar-refractivity contribution in [3.8, 4) is 0 Å². The molecule has 2 aromatic carbocycles. The van der Waals surface area contributed by atoms with Crippen molar-refractivity contribution in [3.05, 3.63) is 71.4 Å². The fourth-order valence-corrected chi connectivity index (χ4v) is 4.19. The minimum absolute atomic E-state index is 0.392. The van der Waals surface area contributed by atoms with Crippen LogP contribution < -0.4 is 0 Å². The van der Waals surface area contributed by atoms with Crippen LogP contribution in [-0.2, 0) is 12.6 Å². The van der Waals surface area contributed by atoms with Crippen molar-refractivity contribution in [2.45, 2.75) is 31.4 Å². The molecule has 0 unspecified atom stereocenters. The number of aromatic amines is 1. The molecule has 0 atom stereocenters. The van der Waals surface area contributed by atoms with E-state index in [0.717, 1.165) is 25.9 Å². The number of hydrogen-bond donors (Lipinski definition) is 1. The Hall–Kier alpha value is -2.27. The number of nitrogens with zero attached hydrogens (tertiary/aromatic N) is 1. The summed E-state index contributed by atoms with van der Waals surface area (Å²) < 4.78 is 39.4. The number of rotatable bonds is 4. The molecule has 2 nitrogen and oxygen atoms in total. The molecule has 1 N–H and O–H groups in total. The summed E-state index contributed by atoms with van der Waals surface area (Å²) in [5.74, 6) is 0.514. The number of aromatic nitrogens is 1. The van der Waals surface area contributed by atoms with E-state index < -0.39 is 11.7 Å². The number of para-hydroxylation sites is 1. The lowest BCUT2D eigenvalue weighted by atomic mass is 9.89. The van der Waals surface area contributed by atoms with Crippen LogP contribution in [0.1, 0.15) is 35.4 Å². The van der Waals surface area contributed by atoms with Crippen LogP contribution in [-0.4, -0.2) is 29.5 Å². The van der Waals surface area contributed by atoms with Crippen LogP contribution in [0.4, 0.5) is 13.2 Å². The molecule has 1 fully saturated rings. The smallest absolute Gasteiger partial charge is 0.361 e. The van der Waals surface area contributed by atoms with Crippen LogP contribution in [0.25, 0.3) is 10.9 Å². The lowest BCUT2D eigenvalue weighted by Gasteiger charge is -2.32. The molecule has 1 aliphatic heterocycles. The molecule has 0 amide bonds. The van der Waals surface area contributed by atoms with Crippen molar-refractivity contribution in [1.29, 1.82) is 0 Å². The van der Waals surface area contributed by atoms with Gasteiger partial charge in [0.05, 0.1) is 5.56 Å². The van der Waals surface area contributed by atoms with Gasteiger partial charge in [-0.3, -0.25) is 0 Å². The molecule has 5 heteroatoms. The minimum atomic E-state index is -4.28. The Kier molecular flexibility index (Phi) is 4.96. The topological polar surface area (TPSA) is 19.0 Å². The Morgan fingerprint density at radius 1 is 0.963 bits per heavy atom. The number of fused-ring (bicyclic) bond motifs is 1. The van der Waals surface area contributed by atoms with Crippen LogP contribution in [0, 0.1) is 0 Å². The molecule has 142 valence electrons. The van der Waals surface area contributed by atoms with Gasteiger partial charge in [0.1, 0.15) is 0 Å². The highest BCUT2D eigenvalue weighted by Crippen LogP contribution is 2.34. The van der Waals surface area contributed by atoms with Gasteiger partial charge in [0, 0.05) is 23.6 Å². The van der Waals surface area contributed by atoms with Gasteiger partial charge in [-0.05, 0) is 61.5 Å². The molecule has 2 heterocycles. The highest BCUT2D eigenvalue weighted by molar-refractivity contribution is 5.83. The SMILES string of the molecule is FC(F)(F)c1ccccc1CCN1CCC(c2c[nH]c3ccccc23)CC1. The number of halogens is 3. The molecular formula is C22H23F3N2. The van der Waals surface area contributed by atoms with Gasteiger partial charge in [-0.1, -0.05) is 36.4 Å². The second kappa shape index (κ2) is 7.39. The van der Waals surface area contributed by atoms with E-state index >= 15 is 0 Å². The maximum absolute atomic E-state index is 13.1. The third-order valence-electron chi connectivity index (χ3n) is 5.67. The zero-order valence-corrected chi connectivity index (χ0v) is 15.1. The van der Waals surface area contributed by atoms with E-state index in [-0.39, 0.29) is 0 Å². The number of H-pyrrole nitrogens is 1. The van der Waals surface area contributed by atoms with Gasteiger partial charge in [-0.15, -0.1) is 0 Å². The normalized spacial score (nSPS) is 16.9. The van der Waals surface area contributed by atoms with Gasteiger partial charge < -0.3 is 9.88 Å². The lowest BCUT2D eigenvalue weighted by molar-refractivity contribution is -0.138. The van der Waals surface area contributed by atoms with E-state index in [1.54, 1.807) is 12.1 Å². The average molecular weight is 372 g/mol. The van der Waals surface area contributed by atoms with Crippen molar-refractivity contribution in [2.24, 2.45) is 0 Å². The van der Waals surface area contributed by atoms with Gasteiger partial charge in [0.25, 0.3) is 0 Å². The summed E-state index contributed by atoms with van der Waals surface area (Å²) in [5, 5.41) is 1.29. The molecule has 27 heavy (non-hydrogen) atoms. The van der Waals surface area contributed by atoms with Crippen LogP contribution in [0.5, 0.6) is 0 Å². The molecule has 0 spiro atoms. The first-order chi connectivity index (χ1) is 13.0. The first-order valence-corrected chi connectivity index (χ1v) is 9.46. The molecule has 0 aliphatic carbocycles. The second-order valence-corrected chi connectivity index (χ2v) is 7.31. The number of piperidine rings is 1. The Morgan fingerprint density at radius 3 is 2.44 bits per heavy atom. The summed E-state index contributed by atoms with van der Waals surface area (Å²) in [6.07, 6.45) is 0.364. The first kappa shape index (κ1) is 18.1. The van der Waals surface area contributed by atoms with E-state index in [1.807, 2.05) is 6.07 Å². The zero-order chi connectivity index (χ0) is 18.9. The van der Waals surface area contributed by atoms with Crippen LogP contribution in [0.3, 0.4) is 0 Å². The third kappa shape index (κ3) is 3.88. The largest absolute Gasteiger partial charge is 0.416 e. The van der Waals surface area contributed by atoms with Gasteiger partial charge in [-0.25, -0.2) is 0 Å². The van der Waals surface area contributed by atoms with Gasteiger partial charge >= 0.3 is 6.18 Å². The fraction of sp³-hybridized carbons (Fsp3) is 0.364. The number of likely N-dealkylation sites (tertiary alicyclic amines) is 1. The van der Waals surface area contributed by atoms with E-state index in [1.165, 1.54) is 28.6 Å². The van der Waals surface area contributed by atoms with Crippen LogP contribution in [0.2, 0.25) is 0 Å². The van der Waals surface area contributed by atoms with Crippen molar-refractivity contribution >= 4 is 10.9 Å². The summed E-state index contributed by atoms with van der Waals surface area (Å²) in [6, 6.07) is 14.3. The van der Waals surface area contributed by atoms with Crippen LogP contribution >= 0.6 is 0 Å². The molecule has 1 saturated heterocycles. The Balaban J connectivity index is 1.37. The number of benzene rings is 2. The van der Waals surface area contributed by atoms with Crippen molar-refractivity contribution < 1.29 is 13.2 Å². The summed E-state index contributed by atoms with van der Waals surface area (Å²) in [4.78, 5) is 5.63. The predicted octanol–water partition coefficient (Wildman–Crippen LogP) is 5.61. The second-order valence-electron chi connectivity index (χ2n) is 7.31. The van der Waals surface area contributed by atoms with Crippen LogP contribution in [0.15, 0.2) is 54.7 Å². The molecular weight excluding hydrogens is 349 g/mol. The van der Waals surface area contributed by atoms with Gasteiger partial charge in [-0.2, -0.15) is 13.2 Å². The highest BCUT2D eigenvalue weighted by Gasteiger charge is 2.33. The third-order valence-corrected chi connectivity index (χ3v) is 5.67. The predicted molar refractivity (Wildman–Crippen MR) is 102 cm³/mol. The molecule has 1 aliphatic rings. The first-order valence-electron chi connectivity index (χ1n) is 9.46. The summed E-state index contributed by atoms with van der Waals surface area (Å²) in [7, 11) is 0. The molecule has 3 aromatic rings. The van der Waals surface area contributed by atoms with E-state index in [2.05, 4.69) is 34.3 Å². The Morgan fingerprint density at radius 2 is 1.67 bits per heavy atom. The highest BCUT2D eigenvalue weighted by atomic mass is 19.4. The Bertz CT molecular complexity index is 905. The molecule has 0 bridgehead atoms. The zero-order valence-electron chi connectivity index (χ0n) is 15.1. The van der Waals surface area contributed by atoms with Gasteiger partial charge in [0.2, 0.25) is 0 Å². The summed E-state index contributed by atoms with van der Waals surface area (Å²) >= 11 is 0. The van der Waals surface area contributed by atoms with E-state index in [4.69, 9.17) is 0 Å². The summed E-state index contributed by atoms with van der Waals surface area (Å²) in [6.45, 7) is 2.53. The van der Waals surface area contributed by atoms with Crippen molar-refractivity contribution in [2.75, 3.05) is 19.6 Å². The van der Waals surface area contributed by atoms with Gasteiger partial charge in [0.15, 0.2) is 0 Å². The quantitative estimate of drug-likeness (QED) is 0.631. The average Bonchev–Trinajstić information content (AvgIpc) is 3.10. The molecule has 0 saturated carbocycles. The minimum Gasteiger partial charge on any atom is -0.361 e. The monoisotopic (exact) mass is 372 g/mol. The molecule has 0 radical (unpaired) electrons. The van der Waals surface area contributed by atoms with Crippen molar-refractivity contribution in [1.82, 2.24) is 9.88 Å². The maximum Gasteiger partial charge on any atom is 0.416 e. The number of alkyl halides is 3.